The van der Waals surface area contributed by atoms with Gasteiger partial charge in [0.1, 0.15) is 0 Å². The summed E-state index contributed by atoms with van der Waals surface area (Å²) in [4.78, 5) is 11.4. The molecule has 1 aromatic rings. The molecule has 0 spiro atoms. The molecule has 0 radical (unpaired) electrons. The van der Waals surface area contributed by atoms with Crippen LogP contribution in [0, 0.1) is 0 Å². The lowest BCUT2D eigenvalue weighted by Gasteiger charge is -2.13. The van der Waals surface area contributed by atoms with Crippen molar-refractivity contribution in [2.24, 2.45) is 0 Å². The van der Waals surface area contributed by atoms with Gasteiger partial charge in [0.25, 0.3) is 0 Å². The number of amides is 2. The molecule has 0 aromatic heterocycles. The Morgan fingerprint density at radius 2 is 2.12 bits per heavy atom. The number of rotatable bonds is 4. The maximum absolute atomic E-state index is 11.4. The molecule has 0 bridgehead atoms. The van der Waals surface area contributed by atoms with Crippen molar-refractivity contribution in [1.82, 2.24) is 5.32 Å². The Hall–Kier alpha value is -1.55. The van der Waals surface area contributed by atoms with Gasteiger partial charge in [0.2, 0.25) is 0 Å². The number of para-hydroxylation sites is 1. The fourth-order valence-corrected chi connectivity index (χ4v) is 1.38. The summed E-state index contributed by atoms with van der Waals surface area (Å²) in [6.45, 7) is 4.30. The Morgan fingerprint density at radius 3 is 2.75 bits per heavy atom. The van der Waals surface area contributed by atoms with Crippen molar-refractivity contribution >= 4 is 11.7 Å². The van der Waals surface area contributed by atoms with E-state index in [0.717, 1.165) is 6.42 Å². The highest BCUT2D eigenvalue weighted by Crippen LogP contribution is 2.21. The fraction of sp³-hybridized carbons (Fsp3) is 0.417. The SMILES string of the molecule is CCCNC(=O)Nc1ccccc1C(C)O. The van der Waals surface area contributed by atoms with E-state index in [9.17, 15) is 9.90 Å². The number of anilines is 1. The Labute approximate surface area is 95.7 Å². The summed E-state index contributed by atoms with van der Waals surface area (Å²) in [5, 5.41) is 15.0. The quantitative estimate of drug-likeness (QED) is 0.731. The zero-order valence-electron chi connectivity index (χ0n) is 9.66. The van der Waals surface area contributed by atoms with Gasteiger partial charge < -0.3 is 15.7 Å². The summed E-state index contributed by atoms with van der Waals surface area (Å²) >= 11 is 0. The van der Waals surface area contributed by atoms with Gasteiger partial charge in [0, 0.05) is 17.8 Å². The highest BCUT2D eigenvalue weighted by molar-refractivity contribution is 5.90. The molecule has 1 atom stereocenters. The highest BCUT2D eigenvalue weighted by atomic mass is 16.3. The molecule has 0 fully saturated rings. The molecule has 0 aliphatic carbocycles. The minimum Gasteiger partial charge on any atom is -0.389 e. The van der Waals surface area contributed by atoms with Gasteiger partial charge in [0.05, 0.1) is 6.10 Å². The van der Waals surface area contributed by atoms with Gasteiger partial charge in [-0.2, -0.15) is 0 Å². The van der Waals surface area contributed by atoms with Gasteiger partial charge in [-0.15, -0.1) is 0 Å². The smallest absolute Gasteiger partial charge is 0.319 e. The third-order valence-corrected chi connectivity index (χ3v) is 2.19. The summed E-state index contributed by atoms with van der Waals surface area (Å²) < 4.78 is 0. The van der Waals surface area contributed by atoms with Crippen molar-refractivity contribution in [3.8, 4) is 0 Å². The molecule has 1 rings (SSSR count). The summed E-state index contributed by atoms with van der Waals surface area (Å²) in [6, 6.07) is 6.97. The normalized spacial score (nSPS) is 11.9. The maximum Gasteiger partial charge on any atom is 0.319 e. The second-order valence-electron chi connectivity index (χ2n) is 3.64. The van der Waals surface area contributed by atoms with E-state index in [-0.39, 0.29) is 6.03 Å². The molecule has 2 amide bonds. The number of benzene rings is 1. The topological polar surface area (TPSA) is 61.4 Å². The van der Waals surface area contributed by atoms with E-state index in [4.69, 9.17) is 0 Å². The van der Waals surface area contributed by atoms with Crippen molar-refractivity contribution in [3.05, 3.63) is 29.8 Å². The zero-order valence-corrected chi connectivity index (χ0v) is 9.66. The number of nitrogens with one attached hydrogen (secondary N) is 2. The lowest BCUT2D eigenvalue weighted by atomic mass is 10.1. The first-order chi connectivity index (χ1) is 7.65. The Balaban J connectivity index is 2.69. The van der Waals surface area contributed by atoms with Crippen molar-refractivity contribution in [1.29, 1.82) is 0 Å². The number of carbonyl (C=O) groups is 1. The van der Waals surface area contributed by atoms with Crippen molar-refractivity contribution in [2.75, 3.05) is 11.9 Å². The third-order valence-electron chi connectivity index (χ3n) is 2.19. The average Bonchev–Trinajstić information content (AvgIpc) is 2.27. The Bertz CT molecular complexity index is 351. The molecule has 0 heterocycles. The lowest BCUT2D eigenvalue weighted by Crippen LogP contribution is -2.29. The number of urea groups is 1. The zero-order chi connectivity index (χ0) is 12.0. The molecule has 0 aliphatic rings. The molecule has 88 valence electrons. The molecule has 0 saturated heterocycles. The largest absolute Gasteiger partial charge is 0.389 e. The molecule has 0 aliphatic heterocycles. The fourth-order valence-electron chi connectivity index (χ4n) is 1.38. The van der Waals surface area contributed by atoms with Crippen molar-refractivity contribution in [3.63, 3.8) is 0 Å². The average molecular weight is 222 g/mol. The van der Waals surface area contributed by atoms with E-state index in [1.54, 1.807) is 19.1 Å². The first kappa shape index (κ1) is 12.5. The van der Waals surface area contributed by atoms with Gasteiger partial charge >= 0.3 is 6.03 Å². The van der Waals surface area contributed by atoms with Crippen LogP contribution in [0.4, 0.5) is 10.5 Å². The van der Waals surface area contributed by atoms with Crippen molar-refractivity contribution in [2.45, 2.75) is 26.4 Å². The van der Waals surface area contributed by atoms with Gasteiger partial charge in [-0.05, 0) is 19.4 Å². The van der Waals surface area contributed by atoms with Crippen LogP contribution in [-0.4, -0.2) is 17.7 Å². The van der Waals surface area contributed by atoms with E-state index in [0.29, 0.717) is 17.8 Å². The minimum absolute atomic E-state index is 0.241. The minimum atomic E-state index is -0.595. The third kappa shape index (κ3) is 3.55. The summed E-state index contributed by atoms with van der Waals surface area (Å²) in [5.41, 5.74) is 1.36. The number of carbonyl (C=O) groups excluding carboxylic acids is 1. The molecule has 0 saturated carbocycles. The highest BCUT2D eigenvalue weighted by Gasteiger charge is 2.08. The predicted octanol–water partition coefficient (Wildman–Crippen LogP) is 2.27. The standard InChI is InChI=1S/C12H18N2O2/c1-3-8-13-12(16)14-11-7-5-4-6-10(11)9(2)15/h4-7,9,15H,3,8H2,1-2H3,(H2,13,14,16). The molecule has 4 nitrogen and oxygen atoms in total. The molecular formula is C12H18N2O2. The van der Waals surface area contributed by atoms with Crippen LogP contribution in [0.15, 0.2) is 24.3 Å². The van der Waals surface area contributed by atoms with Crippen LogP contribution in [0.5, 0.6) is 0 Å². The summed E-state index contributed by atoms with van der Waals surface area (Å²) in [6.07, 6.45) is 0.300. The van der Waals surface area contributed by atoms with E-state index in [1.165, 1.54) is 0 Å². The van der Waals surface area contributed by atoms with Crippen LogP contribution in [-0.2, 0) is 0 Å². The summed E-state index contributed by atoms with van der Waals surface area (Å²) in [7, 11) is 0. The second kappa shape index (κ2) is 6.12. The van der Waals surface area contributed by atoms with Crippen LogP contribution in [0.1, 0.15) is 31.9 Å². The first-order valence-corrected chi connectivity index (χ1v) is 5.47. The molecular weight excluding hydrogens is 204 g/mol. The number of hydrogen-bond acceptors (Lipinski definition) is 2. The van der Waals surface area contributed by atoms with Crippen LogP contribution < -0.4 is 10.6 Å². The number of aliphatic hydroxyl groups is 1. The molecule has 1 unspecified atom stereocenters. The first-order valence-electron chi connectivity index (χ1n) is 5.47. The Morgan fingerprint density at radius 1 is 1.44 bits per heavy atom. The van der Waals surface area contributed by atoms with E-state index in [1.807, 2.05) is 19.1 Å². The molecule has 16 heavy (non-hydrogen) atoms. The van der Waals surface area contributed by atoms with Crippen LogP contribution >= 0.6 is 0 Å². The molecule has 3 N–H and O–H groups in total. The molecule has 1 aromatic carbocycles. The monoisotopic (exact) mass is 222 g/mol. The van der Waals surface area contributed by atoms with Gasteiger partial charge in [-0.25, -0.2) is 4.79 Å². The number of hydrogen-bond donors (Lipinski definition) is 3. The predicted molar refractivity (Wildman–Crippen MR) is 64.4 cm³/mol. The van der Waals surface area contributed by atoms with Gasteiger partial charge in [-0.1, -0.05) is 25.1 Å². The second-order valence-corrected chi connectivity index (χ2v) is 3.64. The van der Waals surface area contributed by atoms with Crippen LogP contribution in [0.2, 0.25) is 0 Å². The number of aliphatic hydroxyl groups excluding tert-OH is 1. The van der Waals surface area contributed by atoms with E-state index < -0.39 is 6.10 Å². The van der Waals surface area contributed by atoms with Crippen molar-refractivity contribution < 1.29 is 9.90 Å². The van der Waals surface area contributed by atoms with Crippen LogP contribution in [0.3, 0.4) is 0 Å². The summed E-state index contributed by atoms with van der Waals surface area (Å²) in [5.74, 6) is 0. The molecule has 4 heteroatoms. The lowest BCUT2D eigenvalue weighted by molar-refractivity contribution is 0.200. The Kier molecular flexibility index (Phi) is 4.79. The maximum atomic E-state index is 11.4. The van der Waals surface area contributed by atoms with Crippen LogP contribution in [0.25, 0.3) is 0 Å². The van der Waals surface area contributed by atoms with E-state index in [2.05, 4.69) is 10.6 Å². The van der Waals surface area contributed by atoms with Gasteiger partial charge in [0.15, 0.2) is 0 Å². The van der Waals surface area contributed by atoms with E-state index >= 15 is 0 Å². The van der Waals surface area contributed by atoms with Gasteiger partial charge in [-0.3, -0.25) is 0 Å².